The molecule has 2 aromatic rings. The van der Waals surface area contributed by atoms with Crippen LogP contribution in [0.2, 0.25) is 0 Å². The predicted molar refractivity (Wildman–Crippen MR) is 101 cm³/mol. The highest BCUT2D eigenvalue weighted by molar-refractivity contribution is 7.10. The van der Waals surface area contributed by atoms with Crippen molar-refractivity contribution in [1.82, 2.24) is 15.1 Å². The lowest BCUT2D eigenvalue weighted by Gasteiger charge is -2.18. The lowest BCUT2D eigenvalue weighted by molar-refractivity contribution is -0.150. The molecule has 4 amide bonds. The molecule has 0 aliphatic carbocycles. The first-order valence-electron chi connectivity index (χ1n) is 8.54. The summed E-state index contributed by atoms with van der Waals surface area (Å²) in [7, 11) is 1.47. The van der Waals surface area contributed by atoms with Gasteiger partial charge in [-0.3, -0.25) is 19.3 Å². The highest BCUT2D eigenvalue weighted by Gasteiger charge is 2.35. The molecule has 1 fully saturated rings. The monoisotopic (exact) mass is 401 g/mol. The van der Waals surface area contributed by atoms with Crippen molar-refractivity contribution in [2.75, 3.05) is 26.7 Å². The van der Waals surface area contributed by atoms with Crippen molar-refractivity contribution >= 4 is 35.2 Å². The minimum absolute atomic E-state index is 0.0772. The van der Waals surface area contributed by atoms with Crippen molar-refractivity contribution in [3.63, 3.8) is 0 Å². The number of hydrogen-bond acceptors (Lipinski definition) is 6. The molecule has 1 N–H and O–H groups in total. The molecule has 3 rings (SSSR count). The minimum atomic E-state index is -0.820. The van der Waals surface area contributed by atoms with Gasteiger partial charge in [-0.15, -0.1) is 11.3 Å². The van der Waals surface area contributed by atoms with Gasteiger partial charge in [-0.2, -0.15) is 0 Å². The SMILES string of the molecule is CN1CC(=O)N(CC(=O)OCC(=O)N[C@@H](c2ccccc2)c2cccs2)C1=O. The Morgan fingerprint density at radius 2 is 1.93 bits per heavy atom. The van der Waals surface area contributed by atoms with E-state index in [1.165, 1.54) is 23.3 Å². The van der Waals surface area contributed by atoms with Gasteiger partial charge in [-0.1, -0.05) is 36.4 Å². The van der Waals surface area contributed by atoms with E-state index in [0.717, 1.165) is 15.3 Å². The van der Waals surface area contributed by atoms with E-state index in [2.05, 4.69) is 5.32 Å². The predicted octanol–water partition coefficient (Wildman–Crippen LogP) is 1.39. The van der Waals surface area contributed by atoms with Crippen LogP contribution in [-0.4, -0.2) is 60.4 Å². The molecule has 1 aliphatic heterocycles. The van der Waals surface area contributed by atoms with Crippen molar-refractivity contribution in [1.29, 1.82) is 0 Å². The van der Waals surface area contributed by atoms with Crippen LogP contribution < -0.4 is 5.32 Å². The molecule has 8 nitrogen and oxygen atoms in total. The fourth-order valence-electron chi connectivity index (χ4n) is 2.77. The number of carbonyl (C=O) groups excluding carboxylic acids is 4. The first-order chi connectivity index (χ1) is 13.5. The summed E-state index contributed by atoms with van der Waals surface area (Å²) in [5, 5.41) is 4.76. The standard InChI is InChI=1S/C19H19N3O5S/c1-21-10-16(24)22(19(21)26)11-17(25)27-12-15(23)20-18(14-8-5-9-28-14)13-6-3-2-4-7-13/h2-9,18H,10-12H2,1H3,(H,20,23)/t18-/m0/s1. The molecule has 1 atom stereocenters. The van der Waals surface area contributed by atoms with Crippen molar-refractivity contribution < 1.29 is 23.9 Å². The molecule has 1 aromatic heterocycles. The van der Waals surface area contributed by atoms with Gasteiger partial charge in [-0.05, 0) is 17.0 Å². The summed E-state index contributed by atoms with van der Waals surface area (Å²) in [5.74, 6) is -1.78. The van der Waals surface area contributed by atoms with Gasteiger partial charge < -0.3 is 15.0 Å². The third-order valence-corrected chi connectivity index (χ3v) is 5.09. The number of nitrogens with one attached hydrogen (secondary N) is 1. The first kappa shape index (κ1) is 19.6. The smallest absolute Gasteiger partial charge is 0.327 e. The fraction of sp³-hybridized carbons (Fsp3) is 0.263. The minimum Gasteiger partial charge on any atom is -0.454 e. The second-order valence-electron chi connectivity index (χ2n) is 6.21. The van der Waals surface area contributed by atoms with Gasteiger partial charge in [0.25, 0.3) is 11.8 Å². The van der Waals surface area contributed by atoms with Gasteiger partial charge in [0.1, 0.15) is 13.1 Å². The maximum absolute atomic E-state index is 12.3. The quantitative estimate of drug-likeness (QED) is 0.559. The molecular formula is C19H19N3O5S. The molecule has 0 bridgehead atoms. The van der Waals surface area contributed by atoms with Gasteiger partial charge in [0, 0.05) is 11.9 Å². The first-order valence-corrected chi connectivity index (χ1v) is 9.42. The summed E-state index contributed by atoms with van der Waals surface area (Å²) in [4.78, 5) is 50.6. The van der Waals surface area contributed by atoms with E-state index in [9.17, 15) is 19.2 Å². The van der Waals surface area contributed by atoms with Crippen molar-refractivity contribution in [3.8, 4) is 0 Å². The van der Waals surface area contributed by atoms with Crippen LogP contribution in [0, 0.1) is 0 Å². The van der Waals surface area contributed by atoms with Crippen LogP contribution in [0.4, 0.5) is 4.79 Å². The number of rotatable bonds is 7. The van der Waals surface area contributed by atoms with E-state index >= 15 is 0 Å². The number of ether oxygens (including phenoxy) is 1. The molecule has 0 saturated carbocycles. The number of amides is 4. The van der Waals surface area contributed by atoms with Crippen molar-refractivity contribution in [2.24, 2.45) is 0 Å². The Balaban J connectivity index is 1.56. The Bertz CT molecular complexity index is 869. The van der Waals surface area contributed by atoms with E-state index in [1.807, 2.05) is 47.8 Å². The molecule has 1 saturated heterocycles. The summed E-state index contributed by atoms with van der Waals surface area (Å²) in [6.45, 7) is -1.09. The average molecular weight is 401 g/mol. The van der Waals surface area contributed by atoms with Gasteiger partial charge in [0.05, 0.1) is 6.04 Å². The van der Waals surface area contributed by atoms with Crippen LogP contribution in [0.5, 0.6) is 0 Å². The topological polar surface area (TPSA) is 96.0 Å². The second kappa shape index (κ2) is 8.66. The van der Waals surface area contributed by atoms with Gasteiger partial charge >= 0.3 is 12.0 Å². The van der Waals surface area contributed by atoms with Crippen LogP contribution in [0.15, 0.2) is 47.8 Å². The van der Waals surface area contributed by atoms with Crippen LogP contribution in [0.1, 0.15) is 16.5 Å². The Labute approximate surface area is 165 Å². The Morgan fingerprint density at radius 3 is 2.54 bits per heavy atom. The zero-order valence-electron chi connectivity index (χ0n) is 15.2. The molecule has 2 heterocycles. The summed E-state index contributed by atoms with van der Waals surface area (Å²) < 4.78 is 4.94. The summed E-state index contributed by atoms with van der Waals surface area (Å²) >= 11 is 1.51. The lowest BCUT2D eigenvalue weighted by atomic mass is 10.1. The molecule has 0 unspecified atom stereocenters. The molecule has 1 aliphatic rings. The van der Waals surface area contributed by atoms with Gasteiger partial charge in [0.2, 0.25) is 0 Å². The molecule has 9 heteroatoms. The summed E-state index contributed by atoms with van der Waals surface area (Å²) in [6, 6.07) is 12.3. The van der Waals surface area contributed by atoms with E-state index in [4.69, 9.17) is 4.74 Å². The van der Waals surface area contributed by atoms with Crippen LogP contribution >= 0.6 is 11.3 Å². The van der Waals surface area contributed by atoms with Gasteiger partial charge in [-0.25, -0.2) is 4.79 Å². The number of carbonyl (C=O) groups is 4. The fourth-order valence-corrected chi connectivity index (χ4v) is 3.57. The molecule has 0 spiro atoms. The van der Waals surface area contributed by atoms with E-state index < -0.39 is 37.0 Å². The van der Waals surface area contributed by atoms with Crippen LogP contribution in [0.25, 0.3) is 0 Å². The maximum Gasteiger partial charge on any atom is 0.327 e. The molecule has 146 valence electrons. The second-order valence-corrected chi connectivity index (χ2v) is 7.19. The Hall–Kier alpha value is -3.20. The zero-order valence-corrected chi connectivity index (χ0v) is 16.0. The van der Waals surface area contributed by atoms with Crippen molar-refractivity contribution in [2.45, 2.75) is 6.04 Å². The van der Waals surface area contributed by atoms with E-state index in [-0.39, 0.29) is 12.6 Å². The molecule has 28 heavy (non-hydrogen) atoms. The molecule has 0 radical (unpaired) electrons. The molecular weight excluding hydrogens is 382 g/mol. The summed E-state index contributed by atoms with van der Waals surface area (Å²) in [5.41, 5.74) is 0.904. The normalized spacial score (nSPS) is 14.9. The number of benzene rings is 1. The zero-order chi connectivity index (χ0) is 20.1. The third-order valence-electron chi connectivity index (χ3n) is 4.15. The van der Waals surface area contributed by atoms with E-state index in [0.29, 0.717) is 0 Å². The van der Waals surface area contributed by atoms with Crippen molar-refractivity contribution in [3.05, 3.63) is 58.3 Å². The van der Waals surface area contributed by atoms with Gasteiger partial charge in [0.15, 0.2) is 6.61 Å². The number of hydrogen-bond donors (Lipinski definition) is 1. The number of likely N-dealkylation sites (N-methyl/N-ethyl adjacent to an activating group) is 1. The Morgan fingerprint density at radius 1 is 1.18 bits per heavy atom. The highest BCUT2D eigenvalue weighted by Crippen LogP contribution is 2.25. The highest BCUT2D eigenvalue weighted by atomic mass is 32.1. The number of urea groups is 1. The largest absolute Gasteiger partial charge is 0.454 e. The molecule has 1 aromatic carbocycles. The van der Waals surface area contributed by atoms with Crippen LogP contribution in [0.3, 0.4) is 0 Å². The number of nitrogens with zero attached hydrogens (tertiary/aromatic N) is 2. The lowest BCUT2D eigenvalue weighted by Crippen LogP contribution is -2.38. The number of imide groups is 1. The average Bonchev–Trinajstić information content (AvgIpc) is 3.30. The maximum atomic E-state index is 12.3. The Kier molecular flexibility index (Phi) is 6.05. The summed E-state index contributed by atoms with van der Waals surface area (Å²) in [6.07, 6.45) is 0. The van der Waals surface area contributed by atoms with Crippen LogP contribution in [-0.2, 0) is 19.1 Å². The third kappa shape index (κ3) is 4.55. The number of thiophene rings is 1. The van der Waals surface area contributed by atoms with E-state index in [1.54, 1.807) is 0 Å². The number of esters is 1.